The molecule has 0 bridgehead atoms. The van der Waals surface area contributed by atoms with Crippen LogP contribution in [-0.4, -0.2) is 63.8 Å². The number of hydrogen-bond acceptors (Lipinski definition) is 6. The van der Waals surface area contributed by atoms with Gasteiger partial charge in [-0.2, -0.15) is 5.10 Å². The Morgan fingerprint density at radius 2 is 2.33 bits per heavy atom. The molecule has 24 heavy (non-hydrogen) atoms. The summed E-state index contributed by atoms with van der Waals surface area (Å²) >= 11 is 0. The van der Waals surface area contributed by atoms with Crippen molar-refractivity contribution >= 4 is 0 Å². The lowest BCUT2D eigenvalue weighted by Gasteiger charge is -2.35. The third-order valence-corrected chi connectivity index (χ3v) is 4.16. The lowest BCUT2D eigenvalue weighted by Crippen LogP contribution is -2.45. The van der Waals surface area contributed by atoms with E-state index in [0.29, 0.717) is 19.8 Å². The summed E-state index contributed by atoms with van der Waals surface area (Å²) in [5.74, 6) is 1.63. The van der Waals surface area contributed by atoms with Crippen molar-refractivity contribution in [1.29, 1.82) is 0 Å². The Labute approximate surface area is 141 Å². The molecule has 7 heteroatoms. The lowest BCUT2D eigenvalue weighted by atomic mass is 10.2. The molecule has 1 N–H and O–H groups in total. The van der Waals surface area contributed by atoms with Crippen LogP contribution in [0.25, 0.3) is 0 Å². The molecule has 1 fully saturated rings. The molecule has 1 saturated heterocycles. The highest BCUT2D eigenvalue weighted by molar-refractivity contribution is 5.27. The average molecular weight is 332 g/mol. The van der Waals surface area contributed by atoms with Crippen molar-refractivity contribution < 1.29 is 14.6 Å². The number of ether oxygens (including phenoxy) is 2. The molecule has 2 heterocycles. The van der Waals surface area contributed by atoms with Crippen molar-refractivity contribution in [3.63, 3.8) is 0 Å². The van der Waals surface area contributed by atoms with Crippen molar-refractivity contribution in [3.05, 3.63) is 42.0 Å². The van der Waals surface area contributed by atoms with Crippen molar-refractivity contribution in [1.82, 2.24) is 19.7 Å². The van der Waals surface area contributed by atoms with Crippen LogP contribution in [0, 0.1) is 6.92 Å². The number of aliphatic hydroxyl groups excluding tert-OH is 1. The first kappa shape index (κ1) is 16.9. The molecule has 2 unspecified atom stereocenters. The smallest absolute Gasteiger partial charge is 0.146 e. The average Bonchev–Trinajstić information content (AvgIpc) is 2.99. The van der Waals surface area contributed by atoms with Crippen molar-refractivity contribution in [3.8, 4) is 5.75 Å². The molecule has 2 atom stereocenters. The van der Waals surface area contributed by atoms with E-state index in [1.54, 1.807) is 11.0 Å². The number of morpholine rings is 1. The van der Waals surface area contributed by atoms with E-state index in [4.69, 9.17) is 9.47 Å². The summed E-state index contributed by atoms with van der Waals surface area (Å²) in [6.45, 7) is 4.73. The molecule has 1 aromatic carbocycles. The number of aromatic nitrogens is 3. The Hall–Kier alpha value is -1.96. The van der Waals surface area contributed by atoms with Gasteiger partial charge in [0.25, 0.3) is 0 Å². The first-order chi connectivity index (χ1) is 11.6. The second-order valence-electron chi connectivity index (χ2n) is 6.11. The van der Waals surface area contributed by atoms with E-state index in [9.17, 15) is 5.11 Å². The summed E-state index contributed by atoms with van der Waals surface area (Å²) in [6, 6.07) is 7.83. The van der Waals surface area contributed by atoms with Gasteiger partial charge in [0.15, 0.2) is 0 Å². The van der Waals surface area contributed by atoms with Gasteiger partial charge in [0, 0.05) is 20.1 Å². The fourth-order valence-electron chi connectivity index (χ4n) is 2.92. The fraction of sp³-hybridized carbons (Fsp3) is 0.529. The van der Waals surface area contributed by atoms with Gasteiger partial charge in [0.05, 0.1) is 19.3 Å². The number of β-amino-alcohol motifs (C(OH)–C–C–N with tert-alkyl or cyclic N) is 1. The van der Waals surface area contributed by atoms with Crippen LogP contribution in [0.15, 0.2) is 30.6 Å². The molecule has 0 amide bonds. The minimum Gasteiger partial charge on any atom is -0.491 e. The van der Waals surface area contributed by atoms with Gasteiger partial charge in [-0.25, -0.2) is 4.98 Å². The molecule has 7 nitrogen and oxygen atoms in total. The van der Waals surface area contributed by atoms with Crippen LogP contribution in [-0.2, 0) is 11.8 Å². The molecule has 1 aliphatic rings. The third kappa shape index (κ3) is 4.11. The summed E-state index contributed by atoms with van der Waals surface area (Å²) < 4.78 is 13.0. The summed E-state index contributed by atoms with van der Waals surface area (Å²) in [4.78, 5) is 6.50. The number of aryl methyl sites for hydroxylation is 2. The largest absolute Gasteiger partial charge is 0.491 e. The highest BCUT2D eigenvalue weighted by Gasteiger charge is 2.29. The SMILES string of the molecule is Cc1cccc(OCC(O)CN2CCOCC2c2ncnn2C)c1. The summed E-state index contributed by atoms with van der Waals surface area (Å²) in [7, 11) is 1.87. The second-order valence-corrected chi connectivity index (χ2v) is 6.11. The van der Waals surface area contributed by atoms with Gasteiger partial charge in [0.2, 0.25) is 0 Å². The Kier molecular flexibility index (Phi) is 5.44. The molecule has 1 aromatic heterocycles. The normalized spacial score (nSPS) is 20.0. The van der Waals surface area contributed by atoms with E-state index in [1.807, 2.05) is 38.2 Å². The lowest BCUT2D eigenvalue weighted by molar-refractivity contribution is -0.0373. The van der Waals surface area contributed by atoms with Crippen molar-refractivity contribution in [2.24, 2.45) is 7.05 Å². The Balaban J connectivity index is 1.57. The minimum atomic E-state index is -0.584. The highest BCUT2D eigenvalue weighted by Crippen LogP contribution is 2.22. The van der Waals surface area contributed by atoms with E-state index in [0.717, 1.165) is 23.7 Å². The first-order valence-corrected chi connectivity index (χ1v) is 8.16. The molecule has 3 rings (SSSR count). The minimum absolute atomic E-state index is 0.000121. The van der Waals surface area contributed by atoms with Crippen LogP contribution in [0.5, 0.6) is 5.75 Å². The molecular weight excluding hydrogens is 308 g/mol. The molecule has 2 aromatic rings. The predicted molar refractivity (Wildman–Crippen MR) is 88.8 cm³/mol. The fourth-order valence-corrected chi connectivity index (χ4v) is 2.92. The van der Waals surface area contributed by atoms with Crippen molar-refractivity contribution in [2.75, 3.05) is 32.9 Å². The van der Waals surface area contributed by atoms with E-state index < -0.39 is 6.10 Å². The van der Waals surface area contributed by atoms with Crippen LogP contribution in [0.4, 0.5) is 0 Å². The number of hydrogen-bond donors (Lipinski definition) is 1. The van der Waals surface area contributed by atoms with Crippen LogP contribution < -0.4 is 4.74 Å². The first-order valence-electron chi connectivity index (χ1n) is 8.16. The molecule has 0 saturated carbocycles. The van der Waals surface area contributed by atoms with Gasteiger partial charge in [-0.15, -0.1) is 0 Å². The second kappa shape index (κ2) is 7.74. The van der Waals surface area contributed by atoms with Gasteiger partial charge in [0.1, 0.15) is 30.6 Å². The zero-order chi connectivity index (χ0) is 16.9. The molecule has 0 radical (unpaired) electrons. The Morgan fingerprint density at radius 1 is 1.46 bits per heavy atom. The molecule has 130 valence electrons. The van der Waals surface area contributed by atoms with Crippen LogP contribution in [0.3, 0.4) is 0 Å². The third-order valence-electron chi connectivity index (χ3n) is 4.16. The summed E-state index contributed by atoms with van der Waals surface area (Å²) in [5.41, 5.74) is 1.14. The Bertz CT molecular complexity index is 661. The quantitative estimate of drug-likeness (QED) is 0.849. The molecule has 0 spiro atoms. The molecule has 1 aliphatic heterocycles. The maximum absolute atomic E-state index is 10.4. The summed E-state index contributed by atoms with van der Waals surface area (Å²) in [5, 5.41) is 14.5. The number of rotatable bonds is 6. The maximum atomic E-state index is 10.4. The van der Waals surface area contributed by atoms with Gasteiger partial charge in [-0.3, -0.25) is 9.58 Å². The predicted octanol–water partition coefficient (Wildman–Crippen LogP) is 0.937. The standard InChI is InChI=1S/C17H24N4O3/c1-13-4-3-5-15(8-13)24-10-14(22)9-21-6-7-23-11-16(21)17-18-12-19-20(17)2/h3-5,8,12,14,16,22H,6-7,9-11H2,1-2H3. The van der Waals surface area contributed by atoms with Crippen LogP contribution in [0.1, 0.15) is 17.4 Å². The van der Waals surface area contributed by atoms with E-state index in [1.165, 1.54) is 0 Å². The van der Waals surface area contributed by atoms with Gasteiger partial charge >= 0.3 is 0 Å². The number of benzene rings is 1. The highest BCUT2D eigenvalue weighted by atomic mass is 16.5. The zero-order valence-corrected chi connectivity index (χ0v) is 14.1. The van der Waals surface area contributed by atoms with Gasteiger partial charge in [-0.05, 0) is 24.6 Å². The maximum Gasteiger partial charge on any atom is 0.146 e. The van der Waals surface area contributed by atoms with E-state index in [2.05, 4.69) is 15.0 Å². The molecule has 0 aliphatic carbocycles. The summed E-state index contributed by atoms with van der Waals surface area (Å²) in [6.07, 6.45) is 0.957. The zero-order valence-electron chi connectivity index (χ0n) is 14.1. The van der Waals surface area contributed by atoms with E-state index >= 15 is 0 Å². The van der Waals surface area contributed by atoms with Crippen LogP contribution in [0.2, 0.25) is 0 Å². The van der Waals surface area contributed by atoms with Gasteiger partial charge in [-0.1, -0.05) is 12.1 Å². The van der Waals surface area contributed by atoms with Crippen LogP contribution >= 0.6 is 0 Å². The Morgan fingerprint density at radius 3 is 3.08 bits per heavy atom. The topological polar surface area (TPSA) is 72.6 Å². The molecular formula is C17H24N4O3. The van der Waals surface area contributed by atoms with Gasteiger partial charge < -0.3 is 14.6 Å². The van der Waals surface area contributed by atoms with Crippen molar-refractivity contribution in [2.45, 2.75) is 19.1 Å². The number of aliphatic hydroxyl groups is 1. The monoisotopic (exact) mass is 332 g/mol. The number of nitrogens with zero attached hydrogens (tertiary/aromatic N) is 4. The van der Waals surface area contributed by atoms with E-state index in [-0.39, 0.29) is 12.6 Å².